The van der Waals surface area contributed by atoms with E-state index in [1.165, 1.54) is 19.4 Å². The van der Waals surface area contributed by atoms with Crippen LogP contribution in [0.1, 0.15) is 38.7 Å². The number of aryl methyl sites for hydroxylation is 1. The van der Waals surface area contributed by atoms with E-state index >= 15 is 0 Å². The SMILES string of the molecule is CC(C)=O.O=C1CCc2ccc(OCCCCN3CCN(c4cccc(Cl)c4Cl)CC3)cc2N1. The number of piperazine rings is 1. The maximum absolute atomic E-state index is 11.5. The summed E-state index contributed by atoms with van der Waals surface area (Å²) in [7, 11) is 0. The molecule has 4 rings (SSSR count). The molecule has 0 atom stereocenters. The van der Waals surface area contributed by atoms with E-state index < -0.39 is 0 Å². The summed E-state index contributed by atoms with van der Waals surface area (Å²) in [5.74, 6) is 1.07. The second kappa shape index (κ2) is 13.0. The smallest absolute Gasteiger partial charge is 0.224 e. The van der Waals surface area contributed by atoms with Gasteiger partial charge in [-0.2, -0.15) is 0 Å². The number of rotatable bonds is 7. The lowest BCUT2D eigenvalue weighted by molar-refractivity contribution is -0.116. The number of carbonyl (C=O) groups is 2. The van der Waals surface area contributed by atoms with Crippen molar-refractivity contribution >= 4 is 46.3 Å². The summed E-state index contributed by atoms with van der Waals surface area (Å²) < 4.78 is 5.89. The Morgan fingerprint density at radius 3 is 2.50 bits per heavy atom. The van der Waals surface area contributed by atoms with E-state index in [0.717, 1.165) is 69.1 Å². The predicted octanol–water partition coefficient (Wildman–Crippen LogP) is 5.45. The Morgan fingerprint density at radius 1 is 1.03 bits per heavy atom. The lowest BCUT2D eigenvalue weighted by Gasteiger charge is -2.36. The third kappa shape index (κ3) is 7.90. The zero-order valence-electron chi connectivity index (χ0n) is 19.9. The third-order valence-corrected chi connectivity index (χ3v) is 6.57. The number of Topliss-reactive ketones (excluding diaryl/α,β-unsaturated/α-hetero) is 1. The van der Waals surface area contributed by atoms with Gasteiger partial charge in [0.05, 0.1) is 22.3 Å². The van der Waals surface area contributed by atoms with E-state index in [9.17, 15) is 9.59 Å². The topological polar surface area (TPSA) is 61.9 Å². The van der Waals surface area contributed by atoms with Crippen LogP contribution in [0.5, 0.6) is 5.75 Å². The van der Waals surface area contributed by atoms with Crippen LogP contribution in [-0.2, 0) is 16.0 Å². The number of ketones is 1. The molecule has 6 nitrogen and oxygen atoms in total. The van der Waals surface area contributed by atoms with Gasteiger partial charge in [0, 0.05) is 44.4 Å². The number of nitrogens with one attached hydrogen (secondary N) is 1. The molecule has 2 aliphatic heterocycles. The molecule has 2 aromatic carbocycles. The van der Waals surface area contributed by atoms with Gasteiger partial charge in [-0.25, -0.2) is 0 Å². The Bertz CT molecular complexity index is 987. The van der Waals surface area contributed by atoms with E-state index in [1.807, 2.05) is 30.3 Å². The quantitative estimate of drug-likeness (QED) is 0.506. The fraction of sp³-hybridized carbons (Fsp3) is 0.462. The van der Waals surface area contributed by atoms with Crippen molar-refractivity contribution in [3.8, 4) is 5.75 Å². The van der Waals surface area contributed by atoms with Gasteiger partial charge >= 0.3 is 0 Å². The van der Waals surface area contributed by atoms with E-state index in [4.69, 9.17) is 27.9 Å². The van der Waals surface area contributed by atoms with Gasteiger partial charge in [-0.05, 0) is 63.4 Å². The van der Waals surface area contributed by atoms with E-state index in [-0.39, 0.29) is 11.7 Å². The third-order valence-electron chi connectivity index (χ3n) is 5.76. The second-order valence-corrected chi connectivity index (χ2v) is 9.52. The number of hydrogen-bond acceptors (Lipinski definition) is 5. The minimum absolute atomic E-state index is 0.0809. The molecule has 0 bridgehead atoms. The molecule has 8 heteroatoms. The molecule has 0 aromatic heterocycles. The van der Waals surface area contributed by atoms with Crippen LogP contribution in [0.25, 0.3) is 0 Å². The Morgan fingerprint density at radius 2 is 1.76 bits per heavy atom. The molecule has 34 heavy (non-hydrogen) atoms. The highest BCUT2D eigenvalue weighted by molar-refractivity contribution is 6.43. The Kier molecular flexibility index (Phi) is 10.1. The normalized spacial score (nSPS) is 15.6. The number of carbonyl (C=O) groups excluding carboxylic acids is 2. The van der Waals surface area contributed by atoms with Crippen LogP contribution in [0.3, 0.4) is 0 Å². The molecule has 0 spiro atoms. The first-order valence-electron chi connectivity index (χ1n) is 11.8. The summed E-state index contributed by atoms with van der Waals surface area (Å²) in [5, 5.41) is 4.18. The van der Waals surface area contributed by atoms with Gasteiger partial charge in [0.2, 0.25) is 5.91 Å². The molecule has 1 amide bonds. The maximum atomic E-state index is 11.5. The number of nitrogens with zero attached hydrogens (tertiary/aromatic N) is 2. The summed E-state index contributed by atoms with van der Waals surface area (Å²) in [4.78, 5) is 25.8. The molecule has 1 N–H and O–H groups in total. The summed E-state index contributed by atoms with van der Waals surface area (Å²) in [5.41, 5.74) is 3.10. The van der Waals surface area contributed by atoms with Crippen molar-refractivity contribution in [2.24, 2.45) is 0 Å². The molecule has 0 unspecified atom stereocenters. The summed E-state index contributed by atoms with van der Waals surface area (Å²) in [6.45, 7) is 8.77. The van der Waals surface area contributed by atoms with E-state index in [0.29, 0.717) is 23.1 Å². The summed E-state index contributed by atoms with van der Waals surface area (Å²) in [6, 6.07) is 11.8. The molecule has 2 aromatic rings. The van der Waals surface area contributed by atoms with Crippen LogP contribution in [0, 0.1) is 0 Å². The van der Waals surface area contributed by atoms with Crippen LogP contribution < -0.4 is 15.0 Å². The molecule has 0 radical (unpaired) electrons. The van der Waals surface area contributed by atoms with Gasteiger partial charge in [-0.15, -0.1) is 0 Å². The fourth-order valence-electron chi connectivity index (χ4n) is 4.02. The Balaban J connectivity index is 0.000000751. The molecule has 1 saturated heterocycles. The zero-order chi connectivity index (χ0) is 24.5. The van der Waals surface area contributed by atoms with Crippen LogP contribution in [0.2, 0.25) is 10.0 Å². The second-order valence-electron chi connectivity index (χ2n) is 8.73. The minimum atomic E-state index is 0.0809. The molecule has 0 saturated carbocycles. The van der Waals surface area contributed by atoms with Crippen LogP contribution in [0.4, 0.5) is 11.4 Å². The number of anilines is 2. The fourth-order valence-corrected chi connectivity index (χ4v) is 4.43. The van der Waals surface area contributed by atoms with Gasteiger partial charge < -0.3 is 19.7 Å². The molecular formula is C26H33Cl2N3O3. The first-order chi connectivity index (χ1) is 16.3. The van der Waals surface area contributed by atoms with Crippen molar-refractivity contribution in [2.45, 2.75) is 39.5 Å². The lowest BCUT2D eigenvalue weighted by Crippen LogP contribution is -2.46. The number of fused-ring (bicyclic) bond motifs is 1. The first-order valence-corrected chi connectivity index (χ1v) is 12.5. The Hall–Kier alpha value is -2.28. The van der Waals surface area contributed by atoms with Gasteiger partial charge in [0.15, 0.2) is 0 Å². The van der Waals surface area contributed by atoms with Gasteiger partial charge in [-0.1, -0.05) is 35.3 Å². The first kappa shape index (κ1) is 26.3. The Labute approximate surface area is 212 Å². The van der Waals surface area contributed by atoms with Crippen LogP contribution in [-0.4, -0.2) is 55.9 Å². The number of hydrogen-bond donors (Lipinski definition) is 1. The van der Waals surface area contributed by atoms with Crippen molar-refractivity contribution < 1.29 is 14.3 Å². The molecule has 1 fully saturated rings. The number of ether oxygens (including phenoxy) is 1. The van der Waals surface area contributed by atoms with Crippen LogP contribution >= 0.6 is 23.2 Å². The highest BCUT2D eigenvalue weighted by Crippen LogP contribution is 2.33. The van der Waals surface area contributed by atoms with Gasteiger partial charge in [0.25, 0.3) is 0 Å². The number of halogens is 2. The number of benzene rings is 2. The summed E-state index contributed by atoms with van der Waals surface area (Å²) >= 11 is 12.5. The van der Waals surface area contributed by atoms with E-state index in [2.05, 4.69) is 21.2 Å². The lowest BCUT2D eigenvalue weighted by atomic mass is 10.0. The van der Waals surface area contributed by atoms with E-state index in [1.54, 1.807) is 0 Å². The highest BCUT2D eigenvalue weighted by Gasteiger charge is 2.19. The zero-order valence-corrected chi connectivity index (χ0v) is 21.4. The van der Waals surface area contributed by atoms with Crippen molar-refractivity contribution in [1.82, 2.24) is 4.90 Å². The molecule has 2 heterocycles. The largest absolute Gasteiger partial charge is 0.494 e. The molecule has 184 valence electrons. The van der Waals surface area contributed by atoms with Crippen molar-refractivity contribution in [3.05, 3.63) is 52.0 Å². The molecular weight excluding hydrogens is 473 g/mol. The molecule has 2 aliphatic rings. The standard InChI is InChI=1S/C23H27Cl2N3O2.C3H6O/c24-19-4-3-5-21(23(19)25)28-13-11-27(12-14-28)10-1-2-15-30-18-8-6-17-7-9-22(29)26-20(17)16-18;1-3(2)4/h3-6,8,16H,1-2,7,9-15H2,(H,26,29);1-2H3. The summed E-state index contributed by atoms with van der Waals surface area (Å²) in [6.07, 6.45) is 3.47. The average Bonchev–Trinajstić information content (AvgIpc) is 2.80. The van der Waals surface area contributed by atoms with Crippen molar-refractivity contribution in [1.29, 1.82) is 0 Å². The van der Waals surface area contributed by atoms with Crippen LogP contribution in [0.15, 0.2) is 36.4 Å². The van der Waals surface area contributed by atoms with Crippen molar-refractivity contribution in [2.75, 3.05) is 49.5 Å². The minimum Gasteiger partial charge on any atom is -0.494 e. The monoisotopic (exact) mass is 505 g/mol. The predicted molar refractivity (Wildman–Crippen MR) is 140 cm³/mol. The molecule has 0 aliphatic carbocycles. The number of unbranched alkanes of at least 4 members (excludes halogenated alkanes) is 1. The average molecular weight is 506 g/mol. The highest BCUT2D eigenvalue weighted by atomic mass is 35.5. The number of amides is 1. The maximum Gasteiger partial charge on any atom is 0.224 e. The van der Waals surface area contributed by atoms with Crippen molar-refractivity contribution in [3.63, 3.8) is 0 Å². The van der Waals surface area contributed by atoms with Gasteiger partial charge in [0.1, 0.15) is 11.5 Å². The van der Waals surface area contributed by atoms with Gasteiger partial charge in [-0.3, -0.25) is 9.69 Å².